The van der Waals surface area contributed by atoms with Gasteiger partial charge in [-0.2, -0.15) is 0 Å². The van der Waals surface area contributed by atoms with Gasteiger partial charge in [0.25, 0.3) is 0 Å². The molecular formula is C15H25BrN2S. The Bertz CT molecular complexity index is 378. The van der Waals surface area contributed by atoms with Gasteiger partial charge in [-0.3, -0.25) is 0 Å². The van der Waals surface area contributed by atoms with Crippen LogP contribution in [-0.2, 0) is 6.42 Å². The first-order valence-electron chi connectivity index (χ1n) is 7.33. The summed E-state index contributed by atoms with van der Waals surface area (Å²) in [5.41, 5.74) is 0. The molecule has 1 aliphatic heterocycles. The molecule has 1 N–H and O–H groups in total. The van der Waals surface area contributed by atoms with Gasteiger partial charge in [-0.1, -0.05) is 13.8 Å². The van der Waals surface area contributed by atoms with E-state index in [1.807, 2.05) is 11.3 Å². The summed E-state index contributed by atoms with van der Waals surface area (Å²) in [6.07, 6.45) is 3.76. The Balaban J connectivity index is 1.81. The molecule has 0 amide bonds. The lowest BCUT2D eigenvalue weighted by Crippen LogP contribution is -2.39. The van der Waals surface area contributed by atoms with Gasteiger partial charge < -0.3 is 10.2 Å². The molecule has 1 saturated heterocycles. The van der Waals surface area contributed by atoms with Gasteiger partial charge in [-0.05, 0) is 66.3 Å². The highest BCUT2D eigenvalue weighted by Gasteiger charge is 2.18. The molecule has 108 valence electrons. The van der Waals surface area contributed by atoms with Crippen LogP contribution < -0.4 is 5.32 Å². The molecule has 1 unspecified atom stereocenters. The fourth-order valence-electron chi connectivity index (χ4n) is 2.76. The van der Waals surface area contributed by atoms with Crippen LogP contribution in [0.1, 0.15) is 31.6 Å². The smallest absolute Gasteiger partial charge is 0.0701 e. The number of hydrogen-bond acceptors (Lipinski definition) is 3. The van der Waals surface area contributed by atoms with Crippen LogP contribution in [0.5, 0.6) is 0 Å². The van der Waals surface area contributed by atoms with E-state index in [1.54, 1.807) is 0 Å². The van der Waals surface area contributed by atoms with Crippen LogP contribution in [0, 0.1) is 5.92 Å². The van der Waals surface area contributed by atoms with Crippen molar-refractivity contribution in [2.24, 2.45) is 5.92 Å². The molecule has 1 aromatic rings. The number of nitrogens with one attached hydrogen (secondary N) is 1. The van der Waals surface area contributed by atoms with Crippen LogP contribution >= 0.6 is 27.3 Å². The predicted octanol–water partition coefficient (Wildman–Crippen LogP) is 3.76. The van der Waals surface area contributed by atoms with Crippen LogP contribution in [0.15, 0.2) is 15.9 Å². The van der Waals surface area contributed by atoms with E-state index >= 15 is 0 Å². The van der Waals surface area contributed by atoms with E-state index in [0.29, 0.717) is 6.04 Å². The highest BCUT2D eigenvalue weighted by atomic mass is 79.9. The Labute approximate surface area is 129 Å². The van der Waals surface area contributed by atoms with E-state index in [-0.39, 0.29) is 0 Å². The fraction of sp³-hybridized carbons (Fsp3) is 0.733. The molecular weight excluding hydrogens is 320 g/mol. The van der Waals surface area contributed by atoms with Crippen molar-refractivity contribution >= 4 is 27.3 Å². The molecule has 4 heteroatoms. The molecule has 1 aliphatic rings. The van der Waals surface area contributed by atoms with E-state index in [2.05, 4.69) is 52.1 Å². The second-order valence-corrected chi connectivity index (χ2v) is 8.44. The summed E-state index contributed by atoms with van der Waals surface area (Å²) >= 11 is 5.41. The topological polar surface area (TPSA) is 15.3 Å². The van der Waals surface area contributed by atoms with Crippen LogP contribution in [0.3, 0.4) is 0 Å². The van der Waals surface area contributed by atoms with Gasteiger partial charge in [-0.25, -0.2) is 0 Å². The summed E-state index contributed by atoms with van der Waals surface area (Å²) in [4.78, 5) is 4.13. The lowest BCUT2D eigenvalue weighted by molar-refractivity contribution is 0.258. The Morgan fingerprint density at radius 3 is 3.00 bits per heavy atom. The molecule has 0 aromatic carbocycles. The highest BCUT2D eigenvalue weighted by Crippen LogP contribution is 2.22. The minimum absolute atomic E-state index is 0.678. The molecule has 0 bridgehead atoms. The third-order valence-corrected chi connectivity index (χ3v) is 5.31. The minimum Gasteiger partial charge on any atom is -0.313 e. The van der Waals surface area contributed by atoms with Crippen LogP contribution in [0.2, 0.25) is 0 Å². The first-order valence-corrected chi connectivity index (χ1v) is 8.94. The summed E-state index contributed by atoms with van der Waals surface area (Å²) in [5, 5.41) is 3.70. The van der Waals surface area contributed by atoms with Crippen LogP contribution in [0.4, 0.5) is 0 Å². The van der Waals surface area contributed by atoms with Gasteiger partial charge in [0.05, 0.1) is 3.79 Å². The first kappa shape index (κ1) is 15.5. The van der Waals surface area contributed by atoms with Gasteiger partial charge in [0.2, 0.25) is 0 Å². The third kappa shape index (κ3) is 5.54. The van der Waals surface area contributed by atoms with Crippen molar-refractivity contribution in [2.45, 2.75) is 39.2 Å². The average molecular weight is 345 g/mol. The lowest BCUT2D eigenvalue weighted by Gasteiger charge is -2.25. The van der Waals surface area contributed by atoms with E-state index in [0.717, 1.165) is 5.92 Å². The van der Waals surface area contributed by atoms with E-state index in [1.165, 1.54) is 54.1 Å². The van der Waals surface area contributed by atoms with Gasteiger partial charge >= 0.3 is 0 Å². The third-order valence-electron chi connectivity index (χ3n) is 3.62. The number of halogens is 1. The summed E-state index contributed by atoms with van der Waals surface area (Å²) in [7, 11) is 0. The van der Waals surface area contributed by atoms with Crippen molar-refractivity contribution < 1.29 is 0 Å². The van der Waals surface area contributed by atoms with Crippen molar-refractivity contribution in [2.75, 3.05) is 26.2 Å². The zero-order valence-corrected chi connectivity index (χ0v) is 14.4. The Morgan fingerprint density at radius 2 is 2.32 bits per heavy atom. The van der Waals surface area contributed by atoms with Gasteiger partial charge in [0, 0.05) is 24.0 Å². The average Bonchev–Trinajstić information content (AvgIpc) is 2.63. The van der Waals surface area contributed by atoms with Crippen molar-refractivity contribution in [3.05, 3.63) is 20.8 Å². The van der Waals surface area contributed by atoms with Crippen molar-refractivity contribution in [1.29, 1.82) is 0 Å². The zero-order valence-electron chi connectivity index (χ0n) is 12.0. The normalized spacial score (nSPS) is 21.8. The molecule has 2 heterocycles. The summed E-state index contributed by atoms with van der Waals surface area (Å²) in [6.45, 7) is 9.47. The highest BCUT2D eigenvalue weighted by molar-refractivity contribution is 9.11. The van der Waals surface area contributed by atoms with Gasteiger partial charge in [0.15, 0.2) is 0 Å². The van der Waals surface area contributed by atoms with E-state index < -0.39 is 0 Å². The molecule has 2 nitrogen and oxygen atoms in total. The number of hydrogen-bond donors (Lipinski definition) is 1. The number of nitrogens with zero attached hydrogens (tertiary/aromatic N) is 1. The largest absolute Gasteiger partial charge is 0.313 e. The van der Waals surface area contributed by atoms with Crippen molar-refractivity contribution in [3.63, 3.8) is 0 Å². The Hall–Kier alpha value is 0.1000. The quantitative estimate of drug-likeness (QED) is 0.874. The summed E-state index contributed by atoms with van der Waals surface area (Å²) in [6, 6.07) is 5.08. The van der Waals surface area contributed by atoms with E-state index in [4.69, 9.17) is 0 Å². The Morgan fingerprint density at radius 1 is 1.47 bits per heavy atom. The van der Waals surface area contributed by atoms with Crippen LogP contribution in [0.25, 0.3) is 0 Å². The maximum Gasteiger partial charge on any atom is 0.0701 e. The fourth-order valence-corrected chi connectivity index (χ4v) is 4.23. The molecule has 1 fully saturated rings. The molecule has 0 saturated carbocycles. The van der Waals surface area contributed by atoms with Crippen molar-refractivity contribution in [1.82, 2.24) is 10.2 Å². The maximum absolute atomic E-state index is 3.70. The van der Waals surface area contributed by atoms with Gasteiger partial charge in [0.1, 0.15) is 0 Å². The second-order valence-electron chi connectivity index (χ2n) is 5.89. The summed E-state index contributed by atoms with van der Waals surface area (Å²) in [5.74, 6) is 0.783. The second kappa shape index (κ2) is 7.77. The van der Waals surface area contributed by atoms with Gasteiger partial charge in [-0.15, -0.1) is 11.3 Å². The van der Waals surface area contributed by atoms with E-state index in [9.17, 15) is 0 Å². The molecule has 2 rings (SSSR count). The molecule has 1 atom stereocenters. The van der Waals surface area contributed by atoms with Crippen LogP contribution in [-0.4, -0.2) is 37.1 Å². The Kier molecular flexibility index (Phi) is 6.33. The molecule has 0 aliphatic carbocycles. The molecule has 0 radical (unpaired) electrons. The zero-order chi connectivity index (χ0) is 13.7. The maximum atomic E-state index is 3.70. The number of rotatable bonds is 5. The minimum atomic E-state index is 0.678. The predicted molar refractivity (Wildman–Crippen MR) is 88.0 cm³/mol. The SMILES string of the molecule is CC(C)CC1CN(CCc2ccc(Br)s2)CCCN1. The van der Waals surface area contributed by atoms with Crippen molar-refractivity contribution in [3.8, 4) is 0 Å². The molecule has 0 spiro atoms. The monoisotopic (exact) mass is 344 g/mol. The first-order chi connectivity index (χ1) is 9.13. The molecule has 1 aromatic heterocycles. The lowest BCUT2D eigenvalue weighted by atomic mass is 10.0. The molecule has 19 heavy (non-hydrogen) atoms. The number of thiophene rings is 1. The standard InChI is InChI=1S/C15H25BrN2S/c1-12(2)10-13-11-18(8-3-7-17-13)9-6-14-4-5-15(16)19-14/h4-5,12-13,17H,3,6-11H2,1-2H3. The summed E-state index contributed by atoms with van der Waals surface area (Å²) < 4.78 is 1.25.